The maximum Gasteiger partial charge on any atom is 0.0110 e. The maximum absolute atomic E-state index is 3.21. The van der Waals surface area contributed by atoms with Gasteiger partial charge in [-0.2, -0.15) is 0 Å². The molecule has 0 unspecified atom stereocenters. The van der Waals surface area contributed by atoms with Crippen LogP contribution < -0.4 is 5.32 Å². The number of unbranched alkanes of at least 4 members (excludes halogenated alkanes) is 3. The third-order valence-electron chi connectivity index (χ3n) is 3.74. The lowest BCUT2D eigenvalue weighted by molar-refractivity contribution is 0.121. The number of rotatable bonds is 9. The molecule has 0 aromatic heterocycles. The van der Waals surface area contributed by atoms with Gasteiger partial charge in [-0.15, -0.1) is 0 Å². The first kappa shape index (κ1) is 15.9. The second kappa shape index (κ2) is 9.76. The van der Waals surface area contributed by atoms with Crippen LogP contribution in [0.1, 0.15) is 39.5 Å². The smallest absolute Gasteiger partial charge is 0.0110 e. The molecule has 108 valence electrons. The van der Waals surface area contributed by atoms with E-state index in [-0.39, 0.29) is 0 Å². The van der Waals surface area contributed by atoms with E-state index in [1.807, 2.05) is 7.05 Å². The molecule has 0 aromatic carbocycles. The monoisotopic (exact) mass is 255 g/mol. The summed E-state index contributed by atoms with van der Waals surface area (Å²) in [5.41, 5.74) is 0. The van der Waals surface area contributed by atoms with E-state index < -0.39 is 0 Å². The van der Waals surface area contributed by atoms with E-state index in [4.69, 9.17) is 0 Å². The lowest BCUT2D eigenvalue weighted by Crippen LogP contribution is -2.47. The fraction of sp³-hybridized carbons (Fsp3) is 1.00. The van der Waals surface area contributed by atoms with Gasteiger partial charge in [0.25, 0.3) is 0 Å². The van der Waals surface area contributed by atoms with Gasteiger partial charge in [0.1, 0.15) is 0 Å². The van der Waals surface area contributed by atoms with E-state index in [1.54, 1.807) is 0 Å². The van der Waals surface area contributed by atoms with Crippen molar-refractivity contribution in [3.8, 4) is 0 Å². The molecule has 1 heterocycles. The summed E-state index contributed by atoms with van der Waals surface area (Å²) in [5.74, 6) is 0.809. The third kappa shape index (κ3) is 7.34. The summed E-state index contributed by atoms with van der Waals surface area (Å²) < 4.78 is 0. The van der Waals surface area contributed by atoms with E-state index >= 15 is 0 Å². The van der Waals surface area contributed by atoms with Crippen LogP contribution in [0.3, 0.4) is 0 Å². The van der Waals surface area contributed by atoms with Crippen molar-refractivity contribution >= 4 is 0 Å². The van der Waals surface area contributed by atoms with Crippen LogP contribution in [0.2, 0.25) is 0 Å². The Labute approximate surface area is 114 Å². The van der Waals surface area contributed by atoms with Crippen LogP contribution in [0.25, 0.3) is 0 Å². The molecule has 1 fully saturated rings. The first-order chi connectivity index (χ1) is 8.72. The molecule has 0 atom stereocenters. The average molecular weight is 255 g/mol. The summed E-state index contributed by atoms with van der Waals surface area (Å²) in [5, 5.41) is 3.21. The van der Waals surface area contributed by atoms with Crippen molar-refractivity contribution in [3.05, 3.63) is 0 Å². The predicted octanol–water partition coefficient (Wildman–Crippen LogP) is 2.04. The minimum Gasteiger partial charge on any atom is -0.320 e. The Morgan fingerprint density at radius 3 is 2.11 bits per heavy atom. The minimum absolute atomic E-state index is 0.809. The zero-order valence-corrected chi connectivity index (χ0v) is 12.7. The molecule has 0 aromatic rings. The minimum atomic E-state index is 0.809. The molecule has 0 amide bonds. The van der Waals surface area contributed by atoms with Crippen LogP contribution >= 0.6 is 0 Å². The molecule has 0 bridgehead atoms. The summed E-state index contributed by atoms with van der Waals surface area (Å²) in [6, 6.07) is 0. The Kier molecular flexibility index (Phi) is 8.64. The van der Waals surface area contributed by atoms with Gasteiger partial charge < -0.3 is 15.1 Å². The van der Waals surface area contributed by atoms with Crippen LogP contribution in [0.4, 0.5) is 0 Å². The van der Waals surface area contributed by atoms with E-state index in [0.717, 1.165) is 5.92 Å². The van der Waals surface area contributed by atoms with Crippen molar-refractivity contribution in [1.29, 1.82) is 0 Å². The Morgan fingerprint density at radius 1 is 0.889 bits per heavy atom. The second-order valence-electron chi connectivity index (χ2n) is 6.05. The highest BCUT2D eigenvalue weighted by Gasteiger charge is 2.16. The summed E-state index contributed by atoms with van der Waals surface area (Å²) in [6.07, 6.45) is 5.49. The maximum atomic E-state index is 3.21. The summed E-state index contributed by atoms with van der Waals surface area (Å²) in [7, 11) is 2.04. The zero-order chi connectivity index (χ0) is 13.2. The van der Waals surface area contributed by atoms with E-state index in [0.29, 0.717) is 0 Å². The normalized spacial score (nSPS) is 18.7. The van der Waals surface area contributed by atoms with E-state index in [9.17, 15) is 0 Å². The molecule has 3 heteroatoms. The predicted molar refractivity (Wildman–Crippen MR) is 80.1 cm³/mol. The van der Waals surface area contributed by atoms with Crippen molar-refractivity contribution in [3.63, 3.8) is 0 Å². The standard InChI is InChI=1S/C15H33N3/c1-15(2)14-18-12-10-17(11-13-18)9-7-5-4-6-8-16-3/h15-16H,4-14H2,1-3H3. The van der Waals surface area contributed by atoms with Crippen LogP contribution in [-0.4, -0.2) is 62.7 Å². The molecule has 0 spiro atoms. The van der Waals surface area contributed by atoms with Gasteiger partial charge in [0, 0.05) is 32.7 Å². The first-order valence-electron chi connectivity index (χ1n) is 7.81. The van der Waals surface area contributed by atoms with Crippen molar-refractivity contribution in [2.75, 3.05) is 52.9 Å². The third-order valence-corrected chi connectivity index (χ3v) is 3.74. The summed E-state index contributed by atoms with van der Waals surface area (Å²) in [6.45, 7) is 13.5. The Morgan fingerprint density at radius 2 is 1.50 bits per heavy atom. The van der Waals surface area contributed by atoms with Crippen LogP contribution in [-0.2, 0) is 0 Å². The molecule has 3 nitrogen and oxygen atoms in total. The van der Waals surface area contributed by atoms with E-state index in [1.165, 1.54) is 71.5 Å². The topological polar surface area (TPSA) is 18.5 Å². The Balaban J connectivity index is 1.95. The number of nitrogens with one attached hydrogen (secondary N) is 1. The van der Waals surface area contributed by atoms with Crippen LogP contribution in [0.15, 0.2) is 0 Å². The van der Waals surface area contributed by atoms with Gasteiger partial charge in [-0.25, -0.2) is 0 Å². The number of piperazine rings is 1. The van der Waals surface area contributed by atoms with Gasteiger partial charge in [0.2, 0.25) is 0 Å². The van der Waals surface area contributed by atoms with Crippen molar-refractivity contribution in [2.24, 2.45) is 5.92 Å². The zero-order valence-electron chi connectivity index (χ0n) is 12.7. The van der Waals surface area contributed by atoms with Gasteiger partial charge in [-0.1, -0.05) is 26.7 Å². The molecule has 1 saturated heterocycles. The van der Waals surface area contributed by atoms with Crippen LogP contribution in [0.5, 0.6) is 0 Å². The molecule has 0 aliphatic carbocycles. The van der Waals surface area contributed by atoms with Gasteiger partial charge in [0.15, 0.2) is 0 Å². The fourth-order valence-electron chi connectivity index (χ4n) is 2.70. The van der Waals surface area contributed by atoms with Crippen molar-refractivity contribution in [2.45, 2.75) is 39.5 Å². The van der Waals surface area contributed by atoms with Gasteiger partial charge in [-0.3, -0.25) is 0 Å². The second-order valence-corrected chi connectivity index (χ2v) is 6.05. The molecular weight excluding hydrogens is 222 g/mol. The Bertz CT molecular complexity index is 186. The molecule has 0 radical (unpaired) electrons. The lowest BCUT2D eigenvalue weighted by atomic mass is 10.1. The quantitative estimate of drug-likeness (QED) is 0.636. The van der Waals surface area contributed by atoms with Crippen molar-refractivity contribution in [1.82, 2.24) is 15.1 Å². The molecule has 1 rings (SSSR count). The largest absolute Gasteiger partial charge is 0.320 e. The van der Waals surface area contributed by atoms with Crippen LogP contribution in [0, 0.1) is 5.92 Å². The molecular formula is C15H33N3. The number of hydrogen-bond donors (Lipinski definition) is 1. The highest BCUT2D eigenvalue weighted by Crippen LogP contribution is 2.07. The fourth-order valence-corrected chi connectivity index (χ4v) is 2.70. The van der Waals surface area contributed by atoms with E-state index in [2.05, 4.69) is 29.0 Å². The molecule has 1 aliphatic rings. The average Bonchev–Trinajstić information content (AvgIpc) is 2.35. The van der Waals surface area contributed by atoms with Gasteiger partial charge >= 0.3 is 0 Å². The molecule has 1 aliphatic heterocycles. The SMILES string of the molecule is CNCCCCCCN1CCN(CC(C)C)CC1. The molecule has 18 heavy (non-hydrogen) atoms. The Hall–Kier alpha value is -0.120. The number of hydrogen-bond acceptors (Lipinski definition) is 3. The van der Waals surface area contributed by atoms with Gasteiger partial charge in [0.05, 0.1) is 0 Å². The number of nitrogens with zero attached hydrogens (tertiary/aromatic N) is 2. The summed E-state index contributed by atoms with van der Waals surface area (Å²) >= 11 is 0. The lowest BCUT2D eigenvalue weighted by Gasteiger charge is -2.35. The van der Waals surface area contributed by atoms with Gasteiger partial charge in [-0.05, 0) is 38.9 Å². The highest BCUT2D eigenvalue weighted by atomic mass is 15.3. The van der Waals surface area contributed by atoms with Crippen molar-refractivity contribution < 1.29 is 0 Å². The molecule has 0 saturated carbocycles. The highest BCUT2D eigenvalue weighted by molar-refractivity contribution is 4.72. The summed E-state index contributed by atoms with van der Waals surface area (Å²) in [4.78, 5) is 5.27. The first-order valence-corrected chi connectivity index (χ1v) is 7.81. The molecule has 1 N–H and O–H groups in total.